The van der Waals surface area contributed by atoms with Gasteiger partial charge in [-0.2, -0.15) is 0 Å². The van der Waals surface area contributed by atoms with E-state index in [9.17, 15) is 0 Å². The molecule has 0 fully saturated rings. The fourth-order valence-corrected chi connectivity index (χ4v) is 2.50. The van der Waals surface area contributed by atoms with Gasteiger partial charge in [0.1, 0.15) is 0 Å². The average molecular weight is 351 g/mol. The lowest BCUT2D eigenvalue weighted by atomic mass is 10.1. The minimum atomic E-state index is 0.322. The summed E-state index contributed by atoms with van der Waals surface area (Å²) in [7, 11) is 0. The molecule has 2 rings (SSSR count). The summed E-state index contributed by atoms with van der Waals surface area (Å²) in [5.41, 5.74) is 5.10. The van der Waals surface area contributed by atoms with Gasteiger partial charge in [-0.05, 0) is 84.3 Å². The Morgan fingerprint density at radius 1 is 0.944 bits per heavy atom. The standard InChI is InChI=1S/C16H18IN/c1-11-8-12(2)10-16(9-11)18-13(3)14-4-6-15(17)7-5-14/h4-10,13,18H,1-3H3. The first-order chi connectivity index (χ1) is 8.54. The number of halogens is 1. The summed E-state index contributed by atoms with van der Waals surface area (Å²) < 4.78 is 1.27. The molecule has 1 unspecified atom stereocenters. The van der Waals surface area contributed by atoms with Crippen LogP contribution in [0.1, 0.15) is 29.7 Å². The van der Waals surface area contributed by atoms with E-state index in [0.29, 0.717) is 6.04 Å². The molecule has 18 heavy (non-hydrogen) atoms. The van der Waals surface area contributed by atoms with Crippen molar-refractivity contribution in [1.29, 1.82) is 0 Å². The summed E-state index contributed by atoms with van der Waals surface area (Å²) in [4.78, 5) is 0. The minimum Gasteiger partial charge on any atom is -0.379 e. The van der Waals surface area contributed by atoms with Crippen LogP contribution < -0.4 is 5.32 Å². The Hall–Kier alpha value is -1.03. The van der Waals surface area contributed by atoms with Gasteiger partial charge in [-0.25, -0.2) is 0 Å². The summed E-state index contributed by atoms with van der Waals surface area (Å²) in [6.45, 7) is 6.46. The molecule has 0 saturated carbocycles. The van der Waals surface area contributed by atoms with Crippen LogP contribution in [-0.4, -0.2) is 0 Å². The second-order valence-electron chi connectivity index (χ2n) is 4.79. The zero-order valence-electron chi connectivity index (χ0n) is 11.0. The Kier molecular flexibility index (Phi) is 4.27. The van der Waals surface area contributed by atoms with Crippen LogP contribution in [-0.2, 0) is 0 Å². The SMILES string of the molecule is Cc1cc(C)cc(NC(C)c2ccc(I)cc2)c1. The summed E-state index contributed by atoms with van der Waals surface area (Å²) in [6.07, 6.45) is 0. The van der Waals surface area contributed by atoms with Gasteiger partial charge in [-0.3, -0.25) is 0 Å². The third kappa shape index (κ3) is 3.48. The van der Waals surface area contributed by atoms with Crippen LogP contribution in [0, 0.1) is 17.4 Å². The van der Waals surface area contributed by atoms with Crippen LogP contribution in [0.15, 0.2) is 42.5 Å². The fraction of sp³-hybridized carbons (Fsp3) is 0.250. The van der Waals surface area contributed by atoms with E-state index >= 15 is 0 Å². The number of nitrogens with one attached hydrogen (secondary N) is 1. The molecule has 2 heteroatoms. The van der Waals surface area contributed by atoms with Gasteiger partial charge in [0.05, 0.1) is 0 Å². The molecular formula is C16H18IN. The molecule has 0 radical (unpaired) electrons. The van der Waals surface area contributed by atoms with Gasteiger partial charge in [-0.1, -0.05) is 18.2 Å². The van der Waals surface area contributed by atoms with E-state index in [-0.39, 0.29) is 0 Å². The lowest BCUT2D eigenvalue weighted by Gasteiger charge is -2.17. The first kappa shape index (κ1) is 13.4. The Bertz CT molecular complexity index is 511. The van der Waals surface area contributed by atoms with E-state index in [4.69, 9.17) is 0 Å². The Morgan fingerprint density at radius 3 is 2.06 bits per heavy atom. The van der Waals surface area contributed by atoms with E-state index in [1.807, 2.05) is 0 Å². The molecule has 0 saturated heterocycles. The van der Waals surface area contributed by atoms with Crippen LogP contribution >= 0.6 is 22.6 Å². The number of hydrogen-bond acceptors (Lipinski definition) is 1. The Labute approximate surface area is 123 Å². The van der Waals surface area contributed by atoms with E-state index in [2.05, 4.69) is 91.1 Å². The van der Waals surface area contributed by atoms with E-state index in [1.165, 1.54) is 25.9 Å². The van der Waals surface area contributed by atoms with Crippen LogP contribution in [0.3, 0.4) is 0 Å². The highest BCUT2D eigenvalue weighted by atomic mass is 127. The molecule has 0 aliphatic heterocycles. The third-order valence-corrected chi connectivity index (χ3v) is 3.69. The zero-order valence-corrected chi connectivity index (χ0v) is 13.2. The maximum atomic E-state index is 3.56. The highest BCUT2D eigenvalue weighted by Gasteiger charge is 2.05. The molecule has 0 aromatic heterocycles. The molecule has 1 N–H and O–H groups in total. The number of rotatable bonds is 3. The lowest BCUT2D eigenvalue weighted by molar-refractivity contribution is 0.883. The smallest absolute Gasteiger partial charge is 0.0485 e. The van der Waals surface area contributed by atoms with Crippen molar-refractivity contribution in [2.45, 2.75) is 26.8 Å². The quantitative estimate of drug-likeness (QED) is 0.761. The number of hydrogen-bond donors (Lipinski definition) is 1. The third-order valence-electron chi connectivity index (χ3n) is 2.97. The fourth-order valence-electron chi connectivity index (χ4n) is 2.14. The molecule has 0 heterocycles. The van der Waals surface area contributed by atoms with Crippen LogP contribution in [0.5, 0.6) is 0 Å². The van der Waals surface area contributed by atoms with Crippen LogP contribution in [0.25, 0.3) is 0 Å². The Morgan fingerprint density at radius 2 is 1.50 bits per heavy atom. The zero-order chi connectivity index (χ0) is 13.1. The molecule has 1 atom stereocenters. The van der Waals surface area contributed by atoms with E-state index in [1.54, 1.807) is 0 Å². The highest BCUT2D eigenvalue weighted by Crippen LogP contribution is 2.21. The normalized spacial score (nSPS) is 12.2. The van der Waals surface area contributed by atoms with Gasteiger partial charge in [0.2, 0.25) is 0 Å². The van der Waals surface area contributed by atoms with Gasteiger partial charge in [0, 0.05) is 15.3 Å². The number of aryl methyl sites for hydroxylation is 2. The molecule has 2 aromatic carbocycles. The summed E-state index contributed by atoms with van der Waals surface area (Å²) >= 11 is 2.33. The summed E-state index contributed by atoms with van der Waals surface area (Å²) in [5, 5.41) is 3.56. The lowest BCUT2D eigenvalue weighted by Crippen LogP contribution is -2.06. The molecule has 0 aliphatic rings. The molecule has 94 valence electrons. The average Bonchev–Trinajstić information content (AvgIpc) is 2.28. The van der Waals surface area contributed by atoms with Crippen LogP contribution in [0.2, 0.25) is 0 Å². The van der Waals surface area contributed by atoms with Gasteiger partial charge in [0.15, 0.2) is 0 Å². The van der Waals surface area contributed by atoms with Crippen molar-refractivity contribution in [2.24, 2.45) is 0 Å². The maximum Gasteiger partial charge on any atom is 0.0485 e. The van der Waals surface area contributed by atoms with Crippen molar-refractivity contribution in [1.82, 2.24) is 0 Å². The van der Waals surface area contributed by atoms with Crippen molar-refractivity contribution >= 4 is 28.3 Å². The van der Waals surface area contributed by atoms with Gasteiger partial charge in [-0.15, -0.1) is 0 Å². The second-order valence-corrected chi connectivity index (χ2v) is 6.04. The topological polar surface area (TPSA) is 12.0 Å². The number of anilines is 1. The molecule has 0 amide bonds. The predicted molar refractivity (Wildman–Crippen MR) is 87.1 cm³/mol. The predicted octanol–water partition coefficient (Wildman–Crippen LogP) is 5.08. The first-order valence-electron chi connectivity index (χ1n) is 6.15. The monoisotopic (exact) mass is 351 g/mol. The largest absolute Gasteiger partial charge is 0.379 e. The molecular weight excluding hydrogens is 333 g/mol. The minimum absolute atomic E-state index is 0.322. The van der Waals surface area contributed by atoms with Crippen molar-refractivity contribution < 1.29 is 0 Å². The molecule has 0 aliphatic carbocycles. The van der Waals surface area contributed by atoms with E-state index in [0.717, 1.165) is 0 Å². The van der Waals surface area contributed by atoms with Gasteiger partial charge < -0.3 is 5.32 Å². The summed E-state index contributed by atoms with van der Waals surface area (Å²) in [6, 6.07) is 15.6. The van der Waals surface area contributed by atoms with Crippen molar-refractivity contribution in [3.05, 3.63) is 62.7 Å². The first-order valence-corrected chi connectivity index (χ1v) is 7.23. The molecule has 0 bridgehead atoms. The highest BCUT2D eigenvalue weighted by molar-refractivity contribution is 14.1. The molecule has 0 spiro atoms. The van der Waals surface area contributed by atoms with Crippen LogP contribution in [0.4, 0.5) is 5.69 Å². The van der Waals surface area contributed by atoms with Gasteiger partial charge >= 0.3 is 0 Å². The maximum absolute atomic E-state index is 3.56. The van der Waals surface area contributed by atoms with Gasteiger partial charge in [0.25, 0.3) is 0 Å². The Balaban J connectivity index is 2.15. The van der Waals surface area contributed by atoms with Crippen molar-refractivity contribution in [2.75, 3.05) is 5.32 Å². The molecule has 1 nitrogen and oxygen atoms in total. The second kappa shape index (κ2) is 5.74. The van der Waals surface area contributed by atoms with Crippen molar-refractivity contribution in [3.8, 4) is 0 Å². The van der Waals surface area contributed by atoms with Crippen molar-refractivity contribution in [3.63, 3.8) is 0 Å². The molecule has 2 aromatic rings. The summed E-state index contributed by atoms with van der Waals surface area (Å²) in [5.74, 6) is 0. The number of benzene rings is 2. The van der Waals surface area contributed by atoms with E-state index < -0.39 is 0 Å².